The van der Waals surface area contributed by atoms with Gasteiger partial charge in [0.2, 0.25) is 0 Å². The van der Waals surface area contributed by atoms with Crippen LogP contribution < -0.4 is 10.6 Å². The number of urea groups is 1. The molecule has 3 heterocycles. The van der Waals surface area contributed by atoms with E-state index in [4.69, 9.17) is 0 Å². The number of likely N-dealkylation sites (tertiary alicyclic amines) is 1. The van der Waals surface area contributed by atoms with Gasteiger partial charge in [0.05, 0.1) is 16.6 Å². The number of carbonyl (C=O) groups excluding carboxylic acids is 2. The normalized spacial score (nSPS) is 15.2. The number of pyridine rings is 1. The number of aryl methyl sites for hydroxylation is 1. The number of anilines is 2. The number of benzene rings is 1. The van der Waals surface area contributed by atoms with Crippen LogP contribution in [-0.4, -0.2) is 64.9 Å². The van der Waals surface area contributed by atoms with Crippen LogP contribution in [0.2, 0.25) is 0 Å². The lowest BCUT2D eigenvalue weighted by Crippen LogP contribution is -2.36. The molecule has 1 saturated heterocycles. The number of hydrogen-bond donors (Lipinski definition) is 2. The highest BCUT2D eigenvalue weighted by Crippen LogP contribution is 2.29. The first-order chi connectivity index (χ1) is 18.0. The first-order valence-corrected chi connectivity index (χ1v) is 12.5. The summed E-state index contributed by atoms with van der Waals surface area (Å²) in [6, 6.07) is 6.65. The van der Waals surface area contributed by atoms with Crippen LogP contribution in [0.4, 0.5) is 28.8 Å². The van der Waals surface area contributed by atoms with Crippen LogP contribution in [0.25, 0.3) is 0 Å². The van der Waals surface area contributed by atoms with E-state index < -0.39 is 17.6 Å². The molecule has 8 nitrogen and oxygen atoms in total. The Labute approximate surface area is 221 Å². The molecule has 1 fully saturated rings. The zero-order valence-electron chi connectivity index (χ0n) is 20.9. The van der Waals surface area contributed by atoms with Crippen molar-refractivity contribution in [3.63, 3.8) is 0 Å². The average Bonchev–Trinajstić information content (AvgIpc) is 3.54. The third-order valence-electron chi connectivity index (χ3n) is 6.04. The number of carbonyl (C=O) groups is 2. The molecule has 0 aliphatic carbocycles. The highest BCUT2D eigenvalue weighted by atomic mass is 32.1. The van der Waals surface area contributed by atoms with E-state index in [-0.39, 0.29) is 11.7 Å². The van der Waals surface area contributed by atoms with Crippen LogP contribution in [0.15, 0.2) is 42.7 Å². The van der Waals surface area contributed by atoms with Crippen LogP contribution in [0, 0.1) is 18.8 Å². The van der Waals surface area contributed by atoms with Gasteiger partial charge >= 0.3 is 12.2 Å². The van der Waals surface area contributed by atoms with Crippen molar-refractivity contribution in [1.82, 2.24) is 19.8 Å². The molecule has 2 N–H and O–H groups in total. The quantitative estimate of drug-likeness (QED) is 0.467. The zero-order valence-corrected chi connectivity index (χ0v) is 21.7. The van der Waals surface area contributed by atoms with Gasteiger partial charge in [0.1, 0.15) is 5.69 Å². The van der Waals surface area contributed by atoms with Crippen molar-refractivity contribution in [1.29, 1.82) is 0 Å². The maximum Gasteiger partial charge on any atom is 0.416 e. The van der Waals surface area contributed by atoms with Crippen LogP contribution >= 0.6 is 11.3 Å². The third kappa shape index (κ3) is 6.67. The monoisotopic (exact) mass is 542 g/mol. The second kappa shape index (κ2) is 11.2. The van der Waals surface area contributed by atoms with Crippen molar-refractivity contribution in [3.05, 3.63) is 70.0 Å². The van der Waals surface area contributed by atoms with Gasteiger partial charge in [-0.1, -0.05) is 23.3 Å². The van der Waals surface area contributed by atoms with Crippen LogP contribution in [0.5, 0.6) is 0 Å². The summed E-state index contributed by atoms with van der Waals surface area (Å²) in [7, 11) is 3.99. The molecule has 2 aromatic heterocycles. The number of aromatic nitrogens is 2. The Bertz CT molecular complexity index is 1410. The second-order valence-corrected chi connectivity index (χ2v) is 10.0. The molecule has 1 aromatic carbocycles. The van der Waals surface area contributed by atoms with Crippen molar-refractivity contribution in [2.24, 2.45) is 0 Å². The Morgan fingerprint density at radius 1 is 1.13 bits per heavy atom. The average molecular weight is 543 g/mol. The number of nitrogens with one attached hydrogen (secondary N) is 2. The lowest BCUT2D eigenvalue weighted by atomic mass is 10.1. The Hall–Kier alpha value is -3.95. The minimum Gasteiger partial charge on any atom is -0.323 e. The molecule has 4 rings (SSSR count). The summed E-state index contributed by atoms with van der Waals surface area (Å²) in [4.78, 5) is 37.5. The maximum absolute atomic E-state index is 13.0. The highest BCUT2D eigenvalue weighted by molar-refractivity contribution is 7.16. The summed E-state index contributed by atoms with van der Waals surface area (Å²) in [5.41, 5.74) is 0.522. The lowest BCUT2D eigenvalue weighted by Gasteiger charge is -2.20. The predicted molar refractivity (Wildman–Crippen MR) is 139 cm³/mol. The van der Waals surface area contributed by atoms with E-state index in [1.165, 1.54) is 11.3 Å². The van der Waals surface area contributed by atoms with Crippen LogP contribution in [0.1, 0.15) is 38.5 Å². The van der Waals surface area contributed by atoms with Crippen LogP contribution in [-0.2, 0) is 6.18 Å². The molecule has 38 heavy (non-hydrogen) atoms. The molecule has 1 aliphatic rings. The Morgan fingerprint density at radius 2 is 1.92 bits per heavy atom. The van der Waals surface area contributed by atoms with Crippen molar-refractivity contribution in [2.45, 2.75) is 25.6 Å². The summed E-state index contributed by atoms with van der Waals surface area (Å²) in [6.07, 6.45) is -1.14. The molecule has 0 bridgehead atoms. The molecular weight excluding hydrogens is 517 g/mol. The molecule has 1 aliphatic heterocycles. The van der Waals surface area contributed by atoms with Gasteiger partial charge in [-0.3, -0.25) is 15.1 Å². The van der Waals surface area contributed by atoms with Gasteiger partial charge in [-0.15, -0.1) is 0 Å². The Morgan fingerprint density at radius 3 is 2.63 bits per heavy atom. The molecule has 0 saturated carbocycles. The van der Waals surface area contributed by atoms with E-state index in [2.05, 4.69) is 37.3 Å². The smallest absolute Gasteiger partial charge is 0.323 e. The van der Waals surface area contributed by atoms with Gasteiger partial charge < -0.3 is 15.1 Å². The number of thiazole rings is 1. The Kier molecular flexibility index (Phi) is 7.99. The van der Waals surface area contributed by atoms with Crippen molar-refractivity contribution in [3.8, 4) is 11.8 Å². The molecular formula is C26H25F3N6O2S. The van der Waals surface area contributed by atoms with Crippen molar-refractivity contribution < 1.29 is 22.8 Å². The summed E-state index contributed by atoms with van der Waals surface area (Å²) in [5, 5.41) is 5.82. The van der Waals surface area contributed by atoms with Gasteiger partial charge in [-0.25, -0.2) is 9.78 Å². The summed E-state index contributed by atoms with van der Waals surface area (Å²) < 4.78 is 38.9. The molecule has 3 amide bonds. The van der Waals surface area contributed by atoms with Gasteiger partial charge in [-0.05, 0) is 63.2 Å². The van der Waals surface area contributed by atoms with Crippen molar-refractivity contribution in [2.75, 3.05) is 37.8 Å². The van der Waals surface area contributed by atoms with E-state index in [9.17, 15) is 22.8 Å². The minimum absolute atomic E-state index is 0.197. The number of halogens is 3. The predicted octanol–water partition coefficient (Wildman–Crippen LogP) is 4.69. The summed E-state index contributed by atoms with van der Waals surface area (Å²) in [6.45, 7) is 3.19. The fourth-order valence-electron chi connectivity index (χ4n) is 3.80. The number of nitrogens with zero attached hydrogens (tertiary/aromatic N) is 4. The van der Waals surface area contributed by atoms with Gasteiger partial charge in [0.15, 0.2) is 5.13 Å². The fourth-order valence-corrected chi connectivity index (χ4v) is 4.46. The summed E-state index contributed by atoms with van der Waals surface area (Å²) in [5.74, 6) is 5.27. The molecule has 12 heteroatoms. The maximum atomic E-state index is 13.0. The van der Waals surface area contributed by atoms with Crippen LogP contribution in [0.3, 0.4) is 0 Å². The molecule has 0 spiro atoms. The minimum atomic E-state index is -4.58. The SMILES string of the molecule is Cc1ccc(NC(=O)c2cc(C(F)(F)F)ccn2)cc1C#Cc1cnc(NC(=O)N2CC[C@@H](N(C)C)C2)s1. The number of amides is 3. The van der Waals surface area contributed by atoms with Crippen molar-refractivity contribution >= 4 is 34.1 Å². The lowest BCUT2D eigenvalue weighted by molar-refractivity contribution is -0.137. The largest absolute Gasteiger partial charge is 0.416 e. The number of alkyl halides is 3. The summed E-state index contributed by atoms with van der Waals surface area (Å²) >= 11 is 1.24. The zero-order chi connectivity index (χ0) is 27.4. The van der Waals surface area contributed by atoms with Gasteiger partial charge in [0, 0.05) is 36.6 Å². The molecule has 3 aromatic rings. The Balaban J connectivity index is 1.41. The topological polar surface area (TPSA) is 90.5 Å². The molecule has 0 unspecified atom stereocenters. The first kappa shape index (κ1) is 27.1. The first-order valence-electron chi connectivity index (χ1n) is 11.6. The van der Waals surface area contributed by atoms with E-state index >= 15 is 0 Å². The standard InChI is InChI=1S/C26H25F3N6O2S/c1-16-4-6-19(32-23(36)22-13-18(8-10-30-22)26(27,28)29)12-17(16)5-7-21-14-31-24(38-21)33-25(37)35-11-9-20(15-35)34(2)3/h4,6,8,10,12-14,20H,9,11,15H2,1-3H3,(H,32,36)(H,31,33,37)/t20-/m1/s1. The molecule has 0 radical (unpaired) electrons. The van der Waals surface area contributed by atoms with E-state index in [1.54, 1.807) is 29.3 Å². The van der Waals surface area contributed by atoms with Gasteiger partial charge in [-0.2, -0.15) is 13.2 Å². The molecule has 1 atom stereocenters. The van der Waals surface area contributed by atoms with E-state index in [0.29, 0.717) is 46.5 Å². The van der Waals surface area contributed by atoms with E-state index in [1.807, 2.05) is 21.0 Å². The van der Waals surface area contributed by atoms with Gasteiger partial charge in [0.25, 0.3) is 5.91 Å². The number of hydrogen-bond acceptors (Lipinski definition) is 6. The highest BCUT2D eigenvalue weighted by Gasteiger charge is 2.31. The number of likely N-dealkylation sites (N-methyl/N-ethyl adjacent to an activating group) is 1. The fraction of sp³-hybridized carbons (Fsp3) is 0.308. The second-order valence-electron chi connectivity index (χ2n) is 8.97. The third-order valence-corrected chi connectivity index (χ3v) is 6.86. The molecule has 198 valence electrons. The van der Waals surface area contributed by atoms with E-state index in [0.717, 1.165) is 24.2 Å². The number of rotatable bonds is 4.